The van der Waals surface area contributed by atoms with Gasteiger partial charge in [0.05, 0.1) is 31.5 Å². The first kappa shape index (κ1) is 16.5. The van der Waals surface area contributed by atoms with Crippen molar-refractivity contribution in [1.82, 2.24) is 9.78 Å². The van der Waals surface area contributed by atoms with Crippen molar-refractivity contribution in [3.8, 4) is 17.6 Å². The second-order valence-electron chi connectivity index (χ2n) is 5.44. The second-order valence-corrected chi connectivity index (χ2v) is 5.44. The number of aromatic nitrogens is 2. The van der Waals surface area contributed by atoms with Gasteiger partial charge in [0, 0.05) is 11.5 Å². The van der Waals surface area contributed by atoms with Crippen LogP contribution in [-0.2, 0) is 6.54 Å². The third kappa shape index (κ3) is 3.50. The first-order chi connectivity index (χ1) is 11.0. The molecule has 0 saturated carbocycles. The molecule has 6 nitrogen and oxygen atoms in total. The van der Waals surface area contributed by atoms with Crippen LogP contribution in [0.2, 0.25) is 0 Å². The van der Waals surface area contributed by atoms with Crippen LogP contribution >= 0.6 is 0 Å². The maximum absolute atomic E-state index is 9.14. The number of nitriles is 1. The SMILES string of the molecule is [C-]#[N+]c1cc(C#N)cc(Oc2c(C(C)C)nn(CCO)c2C)c1. The van der Waals surface area contributed by atoms with E-state index in [1.165, 1.54) is 6.07 Å². The minimum Gasteiger partial charge on any atom is -0.455 e. The first-order valence-electron chi connectivity index (χ1n) is 7.28. The summed E-state index contributed by atoms with van der Waals surface area (Å²) in [5.41, 5.74) is 2.31. The van der Waals surface area contributed by atoms with E-state index in [1.807, 2.05) is 26.8 Å². The fraction of sp³-hybridized carbons (Fsp3) is 0.353. The van der Waals surface area contributed by atoms with Crippen LogP contribution in [0.5, 0.6) is 11.5 Å². The number of nitrogens with zero attached hydrogens (tertiary/aromatic N) is 4. The molecule has 0 amide bonds. The van der Waals surface area contributed by atoms with E-state index in [-0.39, 0.29) is 12.5 Å². The van der Waals surface area contributed by atoms with Gasteiger partial charge in [0.25, 0.3) is 0 Å². The molecule has 0 spiro atoms. The topological polar surface area (TPSA) is 75.4 Å². The molecular formula is C17H18N4O2. The van der Waals surface area contributed by atoms with Crippen LogP contribution in [0.1, 0.15) is 36.7 Å². The van der Waals surface area contributed by atoms with Gasteiger partial charge < -0.3 is 9.84 Å². The molecule has 0 aliphatic carbocycles. The maximum atomic E-state index is 9.14. The van der Waals surface area contributed by atoms with E-state index in [1.54, 1.807) is 16.8 Å². The number of benzene rings is 1. The zero-order valence-corrected chi connectivity index (χ0v) is 13.4. The number of ether oxygens (including phenoxy) is 1. The molecule has 0 atom stereocenters. The van der Waals surface area contributed by atoms with E-state index < -0.39 is 0 Å². The predicted octanol–water partition coefficient (Wildman–Crippen LogP) is 3.52. The van der Waals surface area contributed by atoms with Crippen LogP contribution in [0.25, 0.3) is 4.85 Å². The van der Waals surface area contributed by atoms with E-state index in [0.717, 1.165) is 11.4 Å². The van der Waals surface area contributed by atoms with Crippen molar-refractivity contribution in [2.24, 2.45) is 0 Å². The van der Waals surface area contributed by atoms with Crippen LogP contribution in [0.15, 0.2) is 18.2 Å². The van der Waals surface area contributed by atoms with E-state index in [2.05, 4.69) is 9.94 Å². The van der Waals surface area contributed by atoms with Crippen molar-refractivity contribution in [2.75, 3.05) is 6.61 Å². The fourth-order valence-electron chi connectivity index (χ4n) is 2.26. The van der Waals surface area contributed by atoms with Crippen molar-refractivity contribution in [1.29, 1.82) is 5.26 Å². The van der Waals surface area contributed by atoms with Gasteiger partial charge in [0.15, 0.2) is 11.4 Å². The summed E-state index contributed by atoms with van der Waals surface area (Å²) in [6, 6.07) is 6.74. The van der Waals surface area contributed by atoms with Gasteiger partial charge in [-0.05, 0) is 25.1 Å². The molecule has 0 aliphatic heterocycles. The molecule has 1 heterocycles. The zero-order chi connectivity index (χ0) is 17.0. The molecule has 23 heavy (non-hydrogen) atoms. The van der Waals surface area contributed by atoms with E-state index >= 15 is 0 Å². The highest BCUT2D eigenvalue weighted by molar-refractivity contribution is 5.56. The lowest BCUT2D eigenvalue weighted by Crippen LogP contribution is -2.06. The zero-order valence-electron chi connectivity index (χ0n) is 13.4. The van der Waals surface area contributed by atoms with Gasteiger partial charge >= 0.3 is 0 Å². The molecule has 0 radical (unpaired) electrons. The summed E-state index contributed by atoms with van der Waals surface area (Å²) in [7, 11) is 0. The minimum absolute atomic E-state index is 0.00865. The molecule has 1 N–H and O–H groups in total. The van der Waals surface area contributed by atoms with Crippen molar-refractivity contribution in [3.63, 3.8) is 0 Å². The lowest BCUT2D eigenvalue weighted by molar-refractivity contribution is 0.267. The molecule has 6 heteroatoms. The van der Waals surface area contributed by atoms with Crippen LogP contribution in [0, 0.1) is 24.8 Å². The highest BCUT2D eigenvalue weighted by Crippen LogP contribution is 2.35. The number of aliphatic hydroxyl groups excluding tert-OH is 1. The Morgan fingerprint density at radius 3 is 2.74 bits per heavy atom. The molecule has 0 fully saturated rings. The third-order valence-corrected chi connectivity index (χ3v) is 3.40. The predicted molar refractivity (Wildman–Crippen MR) is 85.6 cm³/mol. The normalized spacial score (nSPS) is 10.4. The molecule has 1 aromatic carbocycles. The smallest absolute Gasteiger partial charge is 0.192 e. The van der Waals surface area contributed by atoms with Crippen LogP contribution in [0.3, 0.4) is 0 Å². The Labute approximate surface area is 135 Å². The fourth-order valence-corrected chi connectivity index (χ4v) is 2.26. The summed E-state index contributed by atoms with van der Waals surface area (Å²) in [4.78, 5) is 3.36. The third-order valence-electron chi connectivity index (χ3n) is 3.40. The highest BCUT2D eigenvalue weighted by Gasteiger charge is 2.19. The van der Waals surface area contributed by atoms with Gasteiger partial charge in [0.2, 0.25) is 0 Å². The summed E-state index contributed by atoms with van der Waals surface area (Å²) in [6.45, 7) is 13.4. The minimum atomic E-state index is -0.00865. The lowest BCUT2D eigenvalue weighted by Gasteiger charge is -2.10. The van der Waals surface area contributed by atoms with Crippen molar-refractivity contribution < 1.29 is 9.84 Å². The Morgan fingerprint density at radius 1 is 1.43 bits per heavy atom. The molecular weight excluding hydrogens is 292 g/mol. The van der Waals surface area contributed by atoms with Gasteiger partial charge in [-0.3, -0.25) is 4.68 Å². The Kier molecular flexibility index (Phi) is 5.00. The standard InChI is InChI=1S/C17H18N4O2/c1-11(2)16-17(12(3)21(20-16)5-6-22)23-15-8-13(10-18)7-14(9-15)19-4/h7-9,11,22H,5-6H2,1-3H3. The van der Waals surface area contributed by atoms with Crippen LogP contribution in [-0.4, -0.2) is 21.5 Å². The number of hydrogen-bond acceptors (Lipinski definition) is 4. The molecule has 1 aromatic heterocycles. The molecule has 0 bridgehead atoms. The van der Waals surface area contributed by atoms with Crippen molar-refractivity contribution in [2.45, 2.75) is 33.2 Å². The van der Waals surface area contributed by atoms with Gasteiger partial charge in [-0.1, -0.05) is 13.8 Å². The van der Waals surface area contributed by atoms with E-state index in [4.69, 9.17) is 21.7 Å². The monoisotopic (exact) mass is 310 g/mol. The van der Waals surface area contributed by atoms with Crippen molar-refractivity contribution in [3.05, 3.63) is 46.6 Å². The average molecular weight is 310 g/mol. The van der Waals surface area contributed by atoms with Crippen LogP contribution < -0.4 is 4.74 Å². The molecule has 2 aromatic rings. The van der Waals surface area contributed by atoms with Gasteiger partial charge in [-0.25, -0.2) is 4.85 Å². The quantitative estimate of drug-likeness (QED) is 0.857. The summed E-state index contributed by atoms with van der Waals surface area (Å²) < 4.78 is 7.66. The summed E-state index contributed by atoms with van der Waals surface area (Å²) >= 11 is 0. The Hall–Kier alpha value is -2.83. The Morgan fingerprint density at radius 2 is 2.17 bits per heavy atom. The number of hydrogen-bond donors (Lipinski definition) is 1. The number of rotatable bonds is 5. The van der Waals surface area contributed by atoms with Gasteiger partial charge in [-0.15, -0.1) is 0 Å². The average Bonchev–Trinajstić information content (AvgIpc) is 2.84. The molecule has 2 rings (SSSR count). The van der Waals surface area contributed by atoms with Crippen LogP contribution in [0.4, 0.5) is 5.69 Å². The van der Waals surface area contributed by atoms with Gasteiger partial charge in [-0.2, -0.15) is 10.4 Å². The molecule has 0 unspecified atom stereocenters. The Bertz CT molecular complexity index is 762. The van der Waals surface area contributed by atoms with E-state index in [0.29, 0.717) is 29.3 Å². The first-order valence-corrected chi connectivity index (χ1v) is 7.28. The second kappa shape index (κ2) is 6.95. The molecule has 0 aliphatic rings. The lowest BCUT2D eigenvalue weighted by atomic mass is 10.1. The summed E-state index contributed by atoms with van der Waals surface area (Å²) in [5.74, 6) is 1.19. The van der Waals surface area contributed by atoms with Gasteiger partial charge in [0.1, 0.15) is 11.4 Å². The largest absolute Gasteiger partial charge is 0.455 e. The molecule has 118 valence electrons. The highest BCUT2D eigenvalue weighted by atomic mass is 16.5. The van der Waals surface area contributed by atoms with E-state index in [9.17, 15) is 0 Å². The summed E-state index contributed by atoms with van der Waals surface area (Å²) in [5, 5.41) is 22.7. The maximum Gasteiger partial charge on any atom is 0.192 e. The number of aliphatic hydroxyl groups is 1. The molecule has 0 saturated heterocycles. The summed E-state index contributed by atoms with van der Waals surface area (Å²) in [6.07, 6.45) is 0. The van der Waals surface area contributed by atoms with Crippen molar-refractivity contribution >= 4 is 5.69 Å². The Balaban J connectivity index is 2.48.